The van der Waals surface area contributed by atoms with E-state index in [0.29, 0.717) is 18.0 Å². The van der Waals surface area contributed by atoms with Gasteiger partial charge in [0.05, 0.1) is 0 Å². The summed E-state index contributed by atoms with van der Waals surface area (Å²) in [5, 5.41) is 11.7. The molecule has 1 aliphatic carbocycles. The van der Waals surface area contributed by atoms with E-state index in [-0.39, 0.29) is 11.6 Å². The molecule has 2 atom stereocenters. The largest absolute Gasteiger partial charge is 0.477 e. The summed E-state index contributed by atoms with van der Waals surface area (Å²) in [5.41, 5.74) is 0.237. The SMILES string of the molecule is CC1CCC(CNC(=O)c2ccnc(C(=O)O)c2)C1. The molecule has 1 amide bonds. The summed E-state index contributed by atoms with van der Waals surface area (Å²) in [6.07, 6.45) is 4.87. The second-order valence-electron chi connectivity index (χ2n) is 5.23. The minimum Gasteiger partial charge on any atom is -0.477 e. The zero-order chi connectivity index (χ0) is 13.8. The van der Waals surface area contributed by atoms with E-state index in [9.17, 15) is 9.59 Å². The van der Waals surface area contributed by atoms with Crippen molar-refractivity contribution >= 4 is 11.9 Å². The van der Waals surface area contributed by atoms with E-state index >= 15 is 0 Å². The van der Waals surface area contributed by atoms with Gasteiger partial charge in [-0.15, -0.1) is 0 Å². The first-order chi connectivity index (χ1) is 9.06. The molecule has 1 fully saturated rings. The Bertz CT molecular complexity index is 487. The van der Waals surface area contributed by atoms with Gasteiger partial charge in [0.2, 0.25) is 0 Å². The first-order valence-electron chi connectivity index (χ1n) is 6.54. The molecule has 1 aromatic heterocycles. The Kier molecular flexibility index (Phi) is 4.14. The lowest BCUT2D eigenvalue weighted by atomic mass is 10.1. The van der Waals surface area contributed by atoms with Crippen molar-refractivity contribution in [2.45, 2.75) is 26.2 Å². The first kappa shape index (κ1) is 13.5. The van der Waals surface area contributed by atoms with Crippen molar-refractivity contribution in [3.8, 4) is 0 Å². The number of aromatic nitrogens is 1. The van der Waals surface area contributed by atoms with Crippen LogP contribution in [0.1, 0.15) is 47.0 Å². The molecule has 5 heteroatoms. The van der Waals surface area contributed by atoms with E-state index in [0.717, 1.165) is 18.8 Å². The third kappa shape index (κ3) is 3.53. The van der Waals surface area contributed by atoms with E-state index in [4.69, 9.17) is 5.11 Å². The smallest absolute Gasteiger partial charge is 0.354 e. The lowest BCUT2D eigenvalue weighted by Crippen LogP contribution is -2.28. The van der Waals surface area contributed by atoms with Crippen LogP contribution in [0.5, 0.6) is 0 Å². The molecule has 1 aliphatic rings. The Morgan fingerprint density at radius 2 is 2.26 bits per heavy atom. The maximum atomic E-state index is 11.9. The fourth-order valence-electron chi connectivity index (χ4n) is 2.54. The number of carbonyl (C=O) groups is 2. The molecule has 1 aromatic rings. The predicted octanol–water partition coefficient (Wildman–Crippen LogP) is 1.95. The minimum atomic E-state index is -1.13. The number of carbonyl (C=O) groups excluding carboxylic acids is 1. The second-order valence-corrected chi connectivity index (χ2v) is 5.23. The normalized spacial score (nSPS) is 22.2. The van der Waals surface area contributed by atoms with Crippen molar-refractivity contribution < 1.29 is 14.7 Å². The highest BCUT2D eigenvalue weighted by molar-refractivity contribution is 5.96. The summed E-state index contributed by atoms with van der Waals surface area (Å²) in [5.74, 6) is -0.0788. The van der Waals surface area contributed by atoms with E-state index < -0.39 is 5.97 Å². The highest BCUT2D eigenvalue weighted by Gasteiger charge is 2.21. The van der Waals surface area contributed by atoms with Gasteiger partial charge in [-0.3, -0.25) is 4.79 Å². The number of pyridine rings is 1. The van der Waals surface area contributed by atoms with Crippen molar-refractivity contribution in [2.75, 3.05) is 6.54 Å². The molecule has 0 aromatic carbocycles. The van der Waals surface area contributed by atoms with Crippen molar-refractivity contribution in [1.29, 1.82) is 0 Å². The Morgan fingerprint density at radius 3 is 2.89 bits per heavy atom. The summed E-state index contributed by atoms with van der Waals surface area (Å²) >= 11 is 0. The van der Waals surface area contributed by atoms with E-state index in [2.05, 4.69) is 17.2 Å². The van der Waals surface area contributed by atoms with Gasteiger partial charge in [0.15, 0.2) is 0 Å². The number of aromatic carboxylic acids is 1. The lowest BCUT2D eigenvalue weighted by Gasteiger charge is -2.11. The molecule has 102 valence electrons. The third-order valence-corrected chi connectivity index (χ3v) is 3.60. The summed E-state index contributed by atoms with van der Waals surface area (Å²) in [4.78, 5) is 26.4. The Labute approximate surface area is 112 Å². The van der Waals surface area contributed by atoms with Crippen LogP contribution < -0.4 is 5.32 Å². The molecule has 2 unspecified atom stereocenters. The van der Waals surface area contributed by atoms with Crippen LogP contribution in [0.25, 0.3) is 0 Å². The maximum absolute atomic E-state index is 11.9. The molecule has 2 N–H and O–H groups in total. The number of nitrogens with one attached hydrogen (secondary N) is 1. The van der Waals surface area contributed by atoms with Crippen LogP contribution in [-0.4, -0.2) is 28.5 Å². The fourth-order valence-corrected chi connectivity index (χ4v) is 2.54. The van der Waals surface area contributed by atoms with Crippen molar-refractivity contribution in [1.82, 2.24) is 10.3 Å². The van der Waals surface area contributed by atoms with Gasteiger partial charge in [0, 0.05) is 18.3 Å². The highest BCUT2D eigenvalue weighted by Crippen LogP contribution is 2.29. The molecule has 0 spiro atoms. The van der Waals surface area contributed by atoms with Gasteiger partial charge in [-0.05, 0) is 36.8 Å². The topological polar surface area (TPSA) is 79.3 Å². The first-order valence-corrected chi connectivity index (χ1v) is 6.54. The minimum absolute atomic E-state index is 0.109. The van der Waals surface area contributed by atoms with Crippen LogP contribution >= 0.6 is 0 Å². The number of carboxylic acid groups (broad SMARTS) is 1. The van der Waals surface area contributed by atoms with E-state index in [1.54, 1.807) is 0 Å². The zero-order valence-electron chi connectivity index (χ0n) is 10.9. The molecule has 19 heavy (non-hydrogen) atoms. The van der Waals surface area contributed by atoms with Gasteiger partial charge >= 0.3 is 5.97 Å². The number of hydrogen-bond donors (Lipinski definition) is 2. The number of hydrogen-bond acceptors (Lipinski definition) is 3. The van der Waals surface area contributed by atoms with Crippen LogP contribution in [-0.2, 0) is 0 Å². The summed E-state index contributed by atoms with van der Waals surface area (Å²) in [7, 11) is 0. The van der Waals surface area contributed by atoms with Crippen LogP contribution in [0.3, 0.4) is 0 Å². The van der Waals surface area contributed by atoms with Gasteiger partial charge in [0.25, 0.3) is 5.91 Å². The zero-order valence-corrected chi connectivity index (χ0v) is 10.9. The van der Waals surface area contributed by atoms with Crippen molar-refractivity contribution in [3.63, 3.8) is 0 Å². The average molecular weight is 262 g/mol. The van der Waals surface area contributed by atoms with Gasteiger partial charge in [-0.2, -0.15) is 0 Å². The number of amides is 1. The molecule has 0 saturated heterocycles. The Hall–Kier alpha value is -1.91. The highest BCUT2D eigenvalue weighted by atomic mass is 16.4. The number of rotatable bonds is 4. The van der Waals surface area contributed by atoms with Gasteiger partial charge in [-0.1, -0.05) is 13.3 Å². The van der Waals surface area contributed by atoms with Crippen molar-refractivity contribution in [2.24, 2.45) is 11.8 Å². The van der Waals surface area contributed by atoms with Crippen LogP contribution in [0.4, 0.5) is 0 Å². The molecule has 0 radical (unpaired) electrons. The lowest BCUT2D eigenvalue weighted by molar-refractivity contribution is 0.0690. The fraction of sp³-hybridized carbons (Fsp3) is 0.500. The van der Waals surface area contributed by atoms with Crippen LogP contribution in [0.15, 0.2) is 18.3 Å². The summed E-state index contributed by atoms with van der Waals surface area (Å²) in [6, 6.07) is 2.83. The number of carboxylic acids is 1. The molecular weight excluding hydrogens is 244 g/mol. The van der Waals surface area contributed by atoms with Gasteiger partial charge in [-0.25, -0.2) is 9.78 Å². The molecule has 0 bridgehead atoms. The Morgan fingerprint density at radius 1 is 1.47 bits per heavy atom. The molecule has 2 rings (SSSR count). The van der Waals surface area contributed by atoms with Gasteiger partial charge in [0.1, 0.15) is 5.69 Å². The summed E-state index contributed by atoms with van der Waals surface area (Å²) in [6.45, 7) is 2.89. The monoisotopic (exact) mass is 262 g/mol. The van der Waals surface area contributed by atoms with Crippen molar-refractivity contribution in [3.05, 3.63) is 29.6 Å². The second kappa shape index (κ2) is 5.82. The average Bonchev–Trinajstić information content (AvgIpc) is 2.82. The Balaban J connectivity index is 1.92. The van der Waals surface area contributed by atoms with E-state index in [1.165, 1.54) is 24.8 Å². The third-order valence-electron chi connectivity index (χ3n) is 3.60. The predicted molar refractivity (Wildman–Crippen MR) is 70.0 cm³/mol. The quantitative estimate of drug-likeness (QED) is 0.869. The molecule has 1 saturated carbocycles. The standard InChI is InChI=1S/C14H18N2O3/c1-9-2-3-10(6-9)8-16-13(17)11-4-5-15-12(7-11)14(18)19/h4-5,7,9-10H,2-3,6,8H2,1H3,(H,16,17)(H,18,19). The molecule has 5 nitrogen and oxygen atoms in total. The molecule has 0 aliphatic heterocycles. The van der Waals surface area contributed by atoms with Gasteiger partial charge < -0.3 is 10.4 Å². The number of nitrogens with zero attached hydrogens (tertiary/aromatic N) is 1. The van der Waals surface area contributed by atoms with E-state index in [1.807, 2.05) is 0 Å². The maximum Gasteiger partial charge on any atom is 0.354 e. The summed E-state index contributed by atoms with van der Waals surface area (Å²) < 4.78 is 0. The van der Waals surface area contributed by atoms with Crippen LogP contribution in [0.2, 0.25) is 0 Å². The molecular formula is C14H18N2O3. The molecule has 1 heterocycles. The van der Waals surface area contributed by atoms with Crippen LogP contribution in [0, 0.1) is 11.8 Å².